The Kier molecular flexibility index (Phi) is 4.67. The lowest BCUT2D eigenvalue weighted by molar-refractivity contribution is -0.138. The lowest BCUT2D eigenvalue weighted by Gasteiger charge is -2.19. The molecule has 8 heteroatoms. The molecule has 3 rings (SSSR count). The van der Waals surface area contributed by atoms with Crippen LogP contribution in [0.15, 0.2) is 48.4 Å². The van der Waals surface area contributed by atoms with Crippen LogP contribution in [0.25, 0.3) is 0 Å². The van der Waals surface area contributed by atoms with Gasteiger partial charge in [0.25, 0.3) is 5.88 Å². The molecule has 0 spiro atoms. The van der Waals surface area contributed by atoms with E-state index in [1.165, 1.54) is 18.2 Å². The van der Waals surface area contributed by atoms with E-state index in [4.69, 9.17) is 4.74 Å². The molecule has 1 atom stereocenters. The summed E-state index contributed by atoms with van der Waals surface area (Å²) in [5.41, 5.74) is -0.418. The summed E-state index contributed by atoms with van der Waals surface area (Å²) in [6.45, 7) is 0. The minimum Gasteiger partial charge on any atom is -0.512 e. The van der Waals surface area contributed by atoms with Crippen molar-refractivity contribution in [1.82, 2.24) is 4.98 Å². The van der Waals surface area contributed by atoms with Crippen LogP contribution in [0.5, 0.6) is 11.6 Å². The van der Waals surface area contributed by atoms with Crippen LogP contribution in [0.3, 0.4) is 0 Å². The second-order valence-corrected chi connectivity index (χ2v) is 5.89. The maximum absolute atomic E-state index is 13.8. The number of hydrogen-bond donors (Lipinski definition) is 1. The minimum absolute atomic E-state index is 0.0163. The Bertz CT molecular complexity index is 860. The van der Waals surface area contributed by atoms with Crippen molar-refractivity contribution in [3.63, 3.8) is 0 Å². The van der Waals surface area contributed by atoms with Crippen LogP contribution in [0, 0.1) is 5.82 Å². The van der Waals surface area contributed by atoms with Gasteiger partial charge < -0.3 is 9.84 Å². The molecule has 136 valence electrons. The van der Waals surface area contributed by atoms with E-state index in [0.717, 1.165) is 5.56 Å². The predicted molar refractivity (Wildman–Crippen MR) is 83.4 cm³/mol. The molecule has 1 aromatic carbocycles. The third-order valence-electron chi connectivity index (χ3n) is 3.93. The summed E-state index contributed by atoms with van der Waals surface area (Å²) >= 11 is 0. The molecule has 4 nitrogen and oxygen atoms in total. The first-order chi connectivity index (χ1) is 12.2. The van der Waals surface area contributed by atoms with Crippen LogP contribution < -0.4 is 4.74 Å². The highest BCUT2D eigenvalue weighted by Crippen LogP contribution is 2.34. The third kappa shape index (κ3) is 4.01. The topological polar surface area (TPSA) is 59.4 Å². The molecule has 2 aromatic rings. The second-order valence-electron chi connectivity index (χ2n) is 5.89. The summed E-state index contributed by atoms with van der Waals surface area (Å²) in [5.74, 6) is -1.95. The van der Waals surface area contributed by atoms with Crippen molar-refractivity contribution in [2.45, 2.75) is 24.9 Å². The maximum atomic E-state index is 13.8. The van der Waals surface area contributed by atoms with Crippen molar-refractivity contribution in [2.75, 3.05) is 0 Å². The molecule has 0 aliphatic heterocycles. The van der Waals surface area contributed by atoms with Crippen molar-refractivity contribution in [2.24, 2.45) is 0 Å². The Morgan fingerprint density at radius 3 is 2.42 bits per heavy atom. The van der Waals surface area contributed by atoms with Crippen LogP contribution in [-0.2, 0) is 11.0 Å². The van der Waals surface area contributed by atoms with E-state index in [1.54, 1.807) is 12.1 Å². The molecule has 0 saturated heterocycles. The second kappa shape index (κ2) is 6.78. The lowest BCUT2D eigenvalue weighted by Crippen LogP contribution is -2.12. The van der Waals surface area contributed by atoms with Crippen molar-refractivity contribution in [3.05, 3.63) is 65.3 Å². The highest BCUT2D eigenvalue weighted by atomic mass is 19.4. The van der Waals surface area contributed by atoms with Crippen molar-refractivity contribution in [1.29, 1.82) is 0 Å². The van der Waals surface area contributed by atoms with Gasteiger partial charge in [0.15, 0.2) is 11.6 Å². The molecule has 1 aliphatic carbocycles. The fraction of sp³-hybridized carbons (Fsp3) is 0.222. The van der Waals surface area contributed by atoms with E-state index in [-0.39, 0.29) is 29.6 Å². The standard InChI is InChI=1S/C18H13F4NO3/c19-16-7-12(18(20,21)22)9-23-17(16)26-15-3-1-10(2-4-15)11-5-13(24)8-14(25)6-11/h1-4,7-9,11,24H,5-6H2. The van der Waals surface area contributed by atoms with Crippen molar-refractivity contribution >= 4 is 5.78 Å². The molecule has 1 unspecified atom stereocenters. The Balaban J connectivity index is 1.74. The predicted octanol–water partition coefficient (Wildman–Crippen LogP) is 4.92. The number of hydrogen-bond acceptors (Lipinski definition) is 4. The molecule has 26 heavy (non-hydrogen) atoms. The summed E-state index contributed by atoms with van der Waals surface area (Å²) in [4.78, 5) is 14.9. The quantitative estimate of drug-likeness (QED) is 0.783. The Morgan fingerprint density at radius 2 is 1.85 bits per heavy atom. The number of carbonyl (C=O) groups excluding carboxylic acids is 1. The summed E-state index contributed by atoms with van der Waals surface area (Å²) in [7, 11) is 0. The van der Waals surface area contributed by atoms with Gasteiger partial charge in [-0.2, -0.15) is 13.2 Å². The van der Waals surface area contributed by atoms with Crippen LogP contribution in [-0.4, -0.2) is 15.9 Å². The van der Waals surface area contributed by atoms with Gasteiger partial charge in [0.2, 0.25) is 0 Å². The highest BCUT2D eigenvalue weighted by molar-refractivity contribution is 5.91. The number of halogens is 4. The molecular weight excluding hydrogens is 354 g/mol. The Labute approximate surface area is 145 Å². The van der Waals surface area contributed by atoms with E-state index in [1.807, 2.05) is 0 Å². The number of allylic oxidation sites excluding steroid dienone is 2. The number of aromatic nitrogens is 1. The number of carbonyl (C=O) groups is 1. The molecule has 0 fully saturated rings. The summed E-state index contributed by atoms with van der Waals surface area (Å²) in [6.07, 6.45) is -2.39. The number of pyridine rings is 1. The van der Waals surface area contributed by atoms with Crippen LogP contribution >= 0.6 is 0 Å². The Morgan fingerprint density at radius 1 is 1.15 bits per heavy atom. The molecule has 1 heterocycles. The van der Waals surface area contributed by atoms with E-state index >= 15 is 0 Å². The number of aliphatic hydroxyl groups excluding tert-OH is 1. The fourth-order valence-corrected chi connectivity index (χ4v) is 2.68. The largest absolute Gasteiger partial charge is 0.512 e. The van der Waals surface area contributed by atoms with Gasteiger partial charge >= 0.3 is 6.18 Å². The molecule has 1 aromatic heterocycles. The third-order valence-corrected chi connectivity index (χ3v) is 3.93. The minimum atomic E-state index is -4.69. The van der Waals surface area contributed by atoms with Gasteiger partial charge in [0.1, 0.15) is 5.75 Å². The van der Waals surface area contributed by atoms with E-state index in [2.05, 4.69) is 4.98 Å². The molecular formula is C18H13F4NO3. The zero-order chi connectivity index (χ0) is 18.9. The molecule has 0 radical (unpaired) electrons. The van der Waals surface area contributed by atoms with Crippen LogP contribution in [0.4, 0.5) is 17.6 Å². The average molecular weight is 367 g/mol. The first-order valence-corrected chi connectivity index (χ1v) is 7.65. The zero-order valence-corrected chi connectivity index (χ0v) is 13.3. The molecule has 1 N–H and O–H groups in total. The number of benzene rings is 1. The molecule has 0 amide bonds. The number of ether oxygens (including phenoxy) is 1. The average Bonchev–Trinajstić information content (AvgIpc) is 2.55. The Hall–Kier alpha value is -2.90. The maximum Gasteiger partial charge on any atom is 0.417 e. The van der Waals surface area contributed by atoms with Crippen LogP contribution in [0.1, 0.15) is 29.9 Å². The number of rotatable bonds is 3. The zero-order valence-electron chi connectivity index (χ0n) is 13.3. The van der Waals surface area contributed by atoms with Gasteiger partial charge in [-0.05, 0) is 29.7 Å². The van der Waals surface area contributed by atoms with Gasteiger partial charge in [-0.3, -0.25) is 4.79 Å². The highest BCUT2D eigenvalue weighted by Gasteiger charge is 2.32. The SMILES string of the molecule is O=C1C=C(O)CC(c2ccc(Oc3ncc(C(F)(F)F)cc3F)cc2)C1. The van der Waals surface area contributed by atoms with Gasteiger partial charge in [-0.25, -0.2) is 9.37 Å². The van der Waals surface area contributed by atoms with E-state index in [9.17, 15) is 27.5 Å². The van der Waals surface area contributed by atoms with Crippen molar-refractivity contribution in [3.8, 4) is 11.6 Å². The summed E-state index contributed by atoms with van der Waals surface area (Å²) in [5, 5.41) is 9.56. The molecule has 1 aliphatic rings. The fourth-order valence-electron chi connectivity index (χ4n) is 2.68. The van der Waals surface area contributed by atoms with E-state index < -0.39 is 23.4 Å². The normalized spacial score (nSPS) is 17.8. The first kappa shape index (κ1) is 17.9. The number of ketones is 1. The number of alkyl halides is 3. The van der Waals surface area contributed by atoms with E-state index in [0.29, 0.717) is 18.7 Å². The smallest absolute Gasteiger partial charge is 0.417 e. The van der Waals surface area contributed by atoms with Crippen LogP contribution in [0.2, 0.25) is 0 Å². The van der Waals surface area contributed by atoms with Gasteiger partial charge in [0, 0.05) is 25.1 Å². The number of nitrogens with zero attached hydrogens (tertiary/aromatic N) is 1. The molecule has 0 saturated carbocycles. The van der Waals surface area contributed by atoms with Crippen molar-refractivity contribution < 1.29 is 32.2 Å². The first-order valence-electron chi connectivity index (χ1n) is 7.65. The monoisotopic (exact) mass is 367 g/mol. The summed E-state index contributed by atoms with van der Waals surface area (Å²) in [6, 6.07) is 6.60. The van der Waals surface area contributed by atoms with Gasteiger partial charge in [-0.1, -0.05) is 12.1 Å². The number of aliphatic hydroxyl groups is 1. The van der Waals surface area contributed by atoms with Gasteiger partial charge in [-0.15, -0.1) is 0 Å². The lowest BCUT2D eigenvalue weighted by atomic mass is 9.86. The summed E-state index contributed by atoms with van der Waals surface area (Å²) < 4.78 is 56.5. The molecule has 0 bridgehead atoms. The van der Waals surface area contributed by atoms with Gasteiger partial charge in [0.05, 0.1) is 11.3 Å².